The Kier molecular flexibility index (Phi) is 65.7. The van der Waals surface area contributed by atoms with Crippen molar-refractivity contribution < 1.29 is 148 Å². The normalized spacial score (nSPS) is 10.2. The molecule has 0 fully saturated rings. The number of hydrogen-bond donors (Lipinski definition) is 5. The van der Waals surface area contributed by atoms with Gasteiger partial charge >= 0.3 is 80.9 Å². The van der Waals surface area contributed by atoms with Gasteiger partial charge in [0, 0.05) is 19.6 Å². The molecule has 0 aromatic heterocycles. The molecule has 13 N–H and O–H groups in total. The van der Waals surface area contributed by atoms with Gasteiger partial charge in [0.1, 0.15) is 12.2 Å². The summed E-state index contributed by atoms with van der Waals surface area (Å²) in [5, 5.41) is 61.2. The molecule has 0 aromatic carbocycles. The molecule has 0 radical (unpaired) electrons. The van der Waals surface area contributed by atoms with Crippen LogP contribution in [0.4, 0.5) is 0 Å². The summed E-state index contributed by atoms with van der Waals surface area (Å²) in [4.78, 5) is 21.1. The van der Waals surface area contributed by atoms with E-state index in [-0.39, 0.29) is 123 Å². The molecule has 0 rings (SSSR count). The van der Waals surface area contributed by atoms with E-state index in [4.69, 9.17) is 25.5 Å². The van der Waals surface area contributed by atoms with Crippen LogP contribution in [0.3, 0.4) is 0 Å². The third-order valence-electron chi connectivity index (χ3n) is 2.03. The van der Waals surface area contributed by atoms with Gasteiger partial charge in [0.05, 0.1) is 31.8 Å². The number of hydrogen-bond acceptors (Lipinski definition) is 10. The molecule has 2 unspecified atom stereocenters. The zero-order valence-electron chi connectivity index (χ0n) is 14.7. The van der Waals surface area contributed by atoms with Gasteiger partial charge < -0.3 is 67.2 Å². The zero-order valence-corrected chi connectivity index (χ0v) is 19.8. The second kappa shape index (κ2) is 33.7. The summed E-state index contributed by atoms with van der Waals surface area (Å²) >= 11 is 0. The molecule has 0 spiro atoms. The summed E-state index contributed by atoms with van der Waals surface area (Å²) in [5.41, 5.74) is 0. The van der Waals surface area contributed by atoms with Crippen LogP contribution < -0.4 is 91.2 Å². The van der Waals surface area contributed by atoms with Gasteiger partial charge in [0.2, 0.25) is 0 Å². The van der Waals surface area contributed by atoms with Crippen molar-refractivity contribution in [1.29, 1.82) is 0 Å². The van der Waals surface area contributed by atoms with Crippen LogP contribution in [0.5, 0.6) is 0 Å². The largest absolute Gasteiger partial charge is 1.00 e. The van der Waals surface area contributed by atoms with Crippen molar-refractivity contribution >= 4 is 11.9 Å². The fraction of sp³-hybridized carbons (Fsp3) is 0.800. The third-order valence-corrected chi connectivity index (χ3v) is 2.03. The number of carboxylic acids is 2. The Labute approximate surface area is 214 Å². The first-order valence-electron chi connectivity index (χ1n) is 5.64. The van der Waals surface area contributed by atoms with Crippen molar-refractivity contribution in [3.63, 3.8) is 0 Å². The van der Waals surface area contributed by atoms with E-state index >= 15 is 0 Å². The maximum Gasteiger partial charge on any atom is 1.00 e. The molecule has 0 saturated carbocycles. The van der Waals surface area contributed by atoms with Crippen LogP contribution in [0.2, 0.25) is 0 Å². The summed E-state index contributed by atoms with van der Waals surface area (Å²) in [6.45, 7) is 1.75. The van der Waals surface area contributed by atoms with Crippen LogP contribution >= 0.6 is 0 Å². The summed E-state index contributed by atoms with van der Waals surface area (Å²) in [6, 6.07) is 0. The molecule has 2 atom stereocenters. The maximum atomic E-state index is 9.63. The number of carbonyl (C=O) groups excluding carboxylic acids is 2. The number of nitrogens with zero attached hydrogens (tertiary/aromatic N) is 1. The number of aliphatic carboxylic acids is 2. The number of carbonyl (C=O) groups is 2. The van der Waals surface area contributed by atoms with E-state index < -0.39 is 24.1 Å². The number of aliphatic hydroxyl groups excluding tert-OH is 5. The van der Waals surface area contributed by atoms with E-state index in [1.807, 2.05) is 0 Å². The molecule has 0 bridgehead atoms. The smallest absolute Gasteiger partial charge is 0.547 e. The Balaban J connectivity index is -0.0000000337. The van der Waals surface area contributed by atoms with Gasteiger partial charge in [-0.1, -0.05) is 0 Å². The fourth-order valence-electron chi connectivity index (χ4n) is 1.02. The first-order chi connectivity index (χ1) is 9.31. The minimum absolute atomic E-state index is 0. The second-order valence-electron chi connectivity index (χ2n) is 3.54. The molecule has 0 aliphatic carbocycles. The Morgan fingerprint density at radius 2 is 0.923 bits per heavy atom. The Morgan fingerprint density at radius 1 is 0.731 bits per heavy atom. The van der Waals surface area contributed by atoms with E-state index in [1.54, 1.807) is 4.90 Å². The first-order valence-corrected chi connectivity index (χ1v) is 5.64. The Hall–Kier alpha value is 1.18. The van der Waals surface area contributed by atoms with Crippen molar-refractivity contribution in [2.75, 3.05) is 39.5 Å². The van der Waals surface area contributed by atoms with E-state index in [9.17, 15) is 19.8 Å². The number of rotatable bonds is 9. The van der Waals surface area contributed by atoms with Crippen molar-refractivity contribution in [3.05, 3.63) is 0 Å². The predicted molar refractivity (Wildman–Crippen MR) is 74.2 cm³/mol. The number of aliphatic hydroxyl groups is 5. The van der Waals surface area contributed by atoms with Crippen LogP contribution in [0.15, 0.2) is 0 Å². The summed E-state index contributed by atoms with van der Waals surface area (Å²) in [5.74, 6) is -4.12. The fourth-order valence-corrected chi connectivity index (χ4v) is 1.02. The molecule has 14 nitrogen and oxygen atoms in total. The minimum atomic E-state index is -2.44. The van der Waals surface area contributed by atoms with Gasteiger partial charge in [-0.3, -0.25) is 4.90 Å². The molecule has 0 amide bonds. The SMILES string of the molecule is O.O.O.O.O=C([O-])C(O)C(O)C(=O)[O-].OCCN(CCO)CCO.[K+].[Na+]. The molecule has 152 valence electrons. The summed E-state index contributed by atoms with van der Waals surface area (Å²) in [6.07, 6.45) is -4.88. The molecular formula is C10H27KNNaO13. The topological polar surface area (TPSA) is 311 Å². The van der Waals surface area contributed by atoms with E-state index in [2.05, 4.69) is 0 Å². The summed E-state index contributed by atoms with van der Waals surface area (Å²) < 4.78 is 0. The van der Waals surface area contributed by atoms with Crippen LogP contribution in [0, 0.1) is 0 Å². The van der Waals surface area contributed by atoms with Crippen molar-refractivity contribution in [2.24, 2.45) is 0 Å². The first kappa shape index (κ1) is 50.6. The monoisotopic (exact) mass is 431 g/mol. The van der Waals surface area contributed by atoms with Gasteiger partial charge in [-0.05, 0) is 0 Å². The van der Waals surface area contributed by atoms with Gasteiger partial charge in [0.15, 0.2) is 0 Å². The standard InChI is InChI=1S/C6H15NO3.C4H6O6.K.Na.4H2O/c8-4-1-7(2-5-9)3-6-10;5-1(3(7)8)2(6)4(9)10;;;;;;/h8-10H,1-6H2;1-2,5-6H,(H,7,8)(H,9,10);;;4*1H2/q;;2*+1;;;;/p-2. The van der Waals surface area contributed by atoms with E-state index in [0.29, 0.717) is 19.6 Å². The minimum Gasteiger partial charge on any atom is -0.547 e. The van der Waals surface area contributed by atoms with Crippen LogP contribution in [-0.4, -0.2) is 116 Å². The molecular weight excluding hydrogens is 404 g/mol. The van der Waals surface area contributed by atoms with Crippen LogP contribution in [0.25, 0.3) is 0 Å². The molecule has 26 heavy (non-hydrogen) atoms. The second-order valence-corrected chi connectivity index (χ2v) is 3.54. The van der Waals surface area contributed by atoms with Crippen LogP contribution in [0.1, 0.15) is 0 Å². The maximum absolute atomic E-state index is 9.63. The van der Waals surface area contributed by atoms with E-state index in [0.717, 1.165) is 0 Å². The molecule has 0 heterocycles. The van der Waals surface area contributed by atoms with Gasteiger partial charge in [-0.25, -0.2) is 0 Å². The number of carboxylic acid groups (broad SMARTS) is 2. The van der Waals surface area contributed by atoms with Gasteiger partial charge in [0.25, 0.3) is 0 Å². The molecule has 0 aliphatic heterocycles. The van der Waals surface area contributed by atoms with Gasteiger partial charge in [-0.2, -0.15) is 0 Å². The Morgan fingerprint density at radius 3 is 1.04 bits per heavy atom. The quantitative estimate of drug-likeness (QED) is 0.214. The van der Waals surface area contributed by atoms with Crippen molar-refractivity contribution in [3.8, 4) is 0 Å². The third kappa shape index (κ3) is 29.9. The zero-order chi connectivity index (χ0) is 16.1. The molecule has 16 heteroatoms. The van der Waals surface area contributed by atoms with Gasteiger partial charge in [-0.15, -0.1) is 0 Å². The summed E-state index contributed by atoms with van der Waals surface area (Å²) in [7, 11) is 0. The average Bonchev–Trinajstić information content (AvgIpc) is 2.38. The van der Waals surface area contributed by atoms with E-state index in [1.165, 1.54) is 0 Å². The van der Waals surface area contributed by atoms with Crippen LogP contribution in [-0.2, 0) is 9.59 Å². The average molecular weight is 431 g/mol. The predicted octanol–water partition coefficient (Wildman–Crippen LogP) is -15.8. The Bertz CT molecular complexity index is 257. The van der Waals surface area contributed by atoms with Crippen molar-refractivity contribution in [2.45, 2.75) is 12.2 Å². The molecule has 0 aromatic rings. The molecule has 0 saturated heterocycles. The van der Waals surface area contributed by atoms with Crippen molar-refractivity contribution in [1.82, 2.24) is 4.90 Å². The molecule has 0 aliphatic rings.